The van der Waals surface area contributed by atoms with Crippen LogP contribution in [0.3, 0.4) is 0 Å². The van der Waals surface area contributed by atoms with Crippen LogP contribution in [0.4, 0.5) is 0 Å². The number of nitrogens with zero attached hydrogens (tertiary/aromatic N) is 1. The summed E-state index contributed by atoms with van der Waals surface area (Å²) >= 11 is 0. The van der Waals surface area contributed by atoms with E-state index in [4.69, 9.17) is 10.5 Å². The van der Waals surface area contributed by atoms with E-state index in [0.29, 0.717) is 18.9 Å². The van der Waals surface area contributed by atoms with Crippen LogP contribution in [0.15, 0.2) is 24.3 Å². The van der Waals surface area contributed by atoms with Crippen molar-refractivity contribution < 1.29 is 14.3 Å². The van der Waals surface area contributed by atoms with Crippen molar-refractivity contribution >= 4 is 11.8 Å². The second-order valence-electron chi connectivity index (χ2n) is 7.06. The molecule has 1 aromatic carbocycles. The predicted molar refractivity (Wildman–Crippen MR) is 95.0 cm³/mol. The molecule has 0 bridgehead atoms. The Hall–Kier alpha value is -2.08. The Morgan fingerprint density at radius 3 is 2.72 bits per heavy atom. The van der Waals surface area contributed by atoms with E-state index in [1.807, 2.05) is 31.2 Å². The van der Waals surface area contributed by atoms with Gasteiger partial charge in [-0.15, -0.1) is 0 Å². The molecular formula is C19H27N3O3. The average Bonchev–Trinajstić information content (AvgIpc) is 2.61. The maximum Gasteiger partial charge on any atom is 0.237 e. The van der Waals surface area contributed by atoms with Crippen LogP contribution in [-0.4, -0.2) is 42.5 Å². The molecule has 1 saturated heterocycles. The van der Waals surface area contributed by atoms with E-state index in [0.717, 1.165) is 43.7 Å². The topological polar surface area (TPSA) is 84.7 Å². The Morgan fingerprint density at radius 1 is 1.28 bits per heavy atom. The van der Waals surface area contributed by atoms with Gasteiger partial charge in [-0.3, -0.25) is 14.5 Å². The van der Waals surface area contributed by atoms with E-state index in [1.54, 1.807) is 0 Å². The van der Waals surface area contributed by atoms with Crippen molar-refractivity contribution in [2.24, 2.45) is 11.7 Å². The first-order valence-electron chi connectivity index (χ1n) is 9.09. The largest absolute Gasteiger partial charge is 0.493 e. The van der Waals surface area contributed by atoms with Crippen molar-refractivity contribution in [3.05, 3.63) is 29.8 Å². The van der Waals surface area contributed by atoms with E-state index in [9.17, 15) is 9.59 Å². The standard InChI is InChI=1S/C19H27N3O3/c1-13(22-9-6-14(7-10-22)12-18(20)23)19(24)21-16-8-11-25-17-5-3-2-4-15(16)17/h2-5,13-14,16H,6-12H2,1H3,(H2,20,23)(H,21,24)/t13-,16-/m0/s1. The van der Waals surface area contributed by atoms with Crippen LogP contribution in [0.2, 0.25) is 0 Å². The van der Waals surface area contributed by atoms with Crippen LogP contribution >= 0.6 is 0 Å². The predicted octanol–water partition coefficient (Wildman–Crippen LogP) is 1.60. The molecule has 3 N–H and O–H groups in total. The molecule has 0 spiro atoms. The van der Waals surface area contributed by atoms with Crippen molar-refractivity contribution in [1.29, 1.82) is 0 Å². The molecule has 136 valence electrons. The minimum Gasteiger partial charge on any atom is -0.493 e. The lowest BCUT2D eigenvalue weighted by Gasteiger charge is -2.36. The maximum absolute atomic E-state index is 12.7. The second kappa shape index (κ2) is 7.87. The Labute approximate surface area is 148 Å². The molecule has 0 unspecified atom stereocenters. The Kier molecular flexibility index (Phi) is 5.58. The van der Waals surface area contributed by atoms with Crippen molar-refractivity contribution in [2.75, 3.05) is 19.7 Å². The summed E-state index contributed by atoms with van der Waals surface area (Å²) in [4.78, 5) is 26.0. The van der Waals surface area contributed by atoms with Gasteiger partial charge in [0.1, 0.15) is 5.75 Å². The molecule has 3 rings (SSSR count). The van der Waals surface area contributed by atoms with Crippen molar-refractivity contribution in [2.45, 2.75) is 44.7 Å². The fourth-order valence-electron chi connectivity index (χ4n) is 3.78. The lowest BCUT2D eigenvalue weighted by Crippen LogP contribution is -2.49. The molecule has 6 heteroatoms. The average molecular weight is 345 g/mol. The molecule has 0 aliphatic carbocycles. The number of carbonyl (C=O) groups is 2. The van der Waals surface area contributed by atoms with E-state index >= 15 is 0 Å². The summed E-state index contributed by atoms with van der Waals surface area (Å²) in [5.74, 6) is 1.03. The number of nitrogens with two attached hydrogens (primary N) is 1. The number of hydrogen-bond acceptors (Lipinski definition) is 4. The number of nitrogens with one attached hydrogen (secondary N) is 1. The first-order valence-corrected chi connectivity index (χ1v) is 9.09. The van der Waals surface area contributed by atoms with Gasteiger partial charge >= 0.3 is 0 Å². The molecule has 2 amide bonds. The summed E-state index contributed by atoms with van der Waals surface area (Å²) in [6, 6.07) is 7.71. The third kappa shape index (κ3) is 4.31. The van der Waals surface area contributed by atoms with Crippen LogP contribution in [0.5, 0.6) is 5.75 Å². The van der Waals surface area contributed by atoms with Crippen molar-refractivity contribution in [3.63, 3.8) is 0 Å². The van der Waals surface area contributed by atoms with Gasteiger partial charge in [0.15, 0.2) is 0 Å². The molecule has 2 atom stereocenters. The number of amides is 2. The van der Waals surface area contributed by atoms with Gasteiger partial charge in [0.05, 0.1) is 18.7 Å². The zero-order chi connectivity index (χ0) is 17.8. The van der Waals surface area contributed by atoms with Gasteiger partial charge in [0.2, 0.25) is 11.8 Å². The monoisotopic (exact) mass is 345 g/mol. The Morgan fingerprint density at radius 2 is 2.00 bits per heavy atom. The van der Waals surface area contributed by atoms with Gasteiger partial charge < -0.3 is 15.8 Å². The first-order chi connectivity index (χ1) is 12.0. The van der Waals surface area contributed by atoms with Crippen molar-refractivity contribution in [1.82, 2.24) is 10.2 Å². The molecule has 6 nitrogen and oxygen atoms in total. The van der Waals surface area contributed by atoms with Gasteiger partial charge in [-0.2, -0.15) is 0 Å². The summed E-state index contributed by atoms with van der Waals surface area (Å²) in [5.41, 5.74) is 6.33. The first kappa shape index (κ1) is 17.7. The molecule has 2 aliphatic heterocycles. The molecular weight excluding hydrogens is 318 g/mol. The van der Waals surface area contributed by atoms with E-state index in [-0.39, 0.29) is 23.9 Å². The second-order valence-corrected chi connectivity index (χ2v) is 7.06. The third-order valence-electron chi connectivity index (χ3n) is 5.34. The number of piperidine rings is 1. The zero-order valence-corrected chi connectivity index (χ0v) is 14.7. The Bertz CT molecular complexity index is 626. The summed E-state index contributed by atoms with van der Waals surface area (Å²) in [6.07, 6.45) is 3.07. The number of ether oxygens (including phenoxy) is 1. The normalized spacial score (nSPS) is 22.5. The minimum absolute atomic E-state index is 0.00676. The molecule has 0 aromatic heterocycles. The highest BCUT2D eigenvalue weighted by Gasteiger charge is 2.30. The number of hydrogen-bond donors (Lipinski definition) is 2. The number of primary amides is 1. The molecule has 1 fully saturated rings. The molecule has 0 saturated carbocycles. The fourth-order valence-corrected chi connectivity index (χ4v) is 3.78. The lowest BCUT2D eigenvalue weighted by molar-refractivity contribution is -0.128. The number of benzene rings is 1. The Balaban J connectivity index is 1.55. The zero-order valence-electron chi connectivity index (χ0n) is 14.7. The molecule has 2 heterocycles. The summed E-state index contributed by atoms with van der Waals surface area (Å²) in [6.45, 7) is 4.23. The highest BCUT2D eigenvalue weighted by molar-refractivity contribution is 5.82. The number of para-hydroxylation sites is 1. The van der Waals surface area contributed by atoms with Crippen LogP contribution < -0.4 is 15.8 Å². The molecule has 2 aliphatic rings. The number of rotatable bonds is 5. The highest BCUT2D eigenvalue weighted by atomic mass is 16.5. The SMILES string of the molecule is C[C@@H](C(=O)N[C@H]1CCOc2ccccc21)N1CCC(CC(N)=O)CC1. The molecule has 0 radical (unpaired) electrons. The number of likely N-dealkylation sites (tertiary alicyclic amines) is 1. The number of carbonyl (C=O) groups excluding carboxylic acids is 2. The maximum atomic E-state index is 12.7. The van der Waals surface area contributed by atoms with Gasteiger partial charge in [-0.25, -0.2) is 0 Å². The van der Waals surface area contributed by atoms with Crippen LogP contribution in [0.1, 0.15) is 44.2 Å². The van der Waals surface area contributed by atoms with Crippen LogP contribution in [0, 0.1) is 5.92 Å². The molecule has 1 aromatic rings. The quantitative estimate of drug-likeness (QED) is 0.849. The fraction of sp³-hybridized carbons (Fsp3) is 0.579. The lowest BCUT2D eigenvalue weighted by atomic mass is 9.92. The number of fused-ring (bicyclic) bond motifs is 1. The van der Waals surface area contributed by atoms with E-state index < -0.39 is 0 Å². The highest BCUT2D eigenvalue weighted by Crippen LogP contribution is 2.31. The van der Waals surface area contributed by atoms with Crippen LogP contribution in [-0.2, 0) is 9.59 Å². The van der Waals surface area contributed by atoms with E-state index in [1.165, 1.54) is 0 Å². The van der Waals surface area contributed by atoms with Gasteiger partial charge in [0.25, 0.3) is 0 Å². The van der Waals surface area contributed by atoms with Crippen LogP contribution in [0.25, 0.3) is 0 Å². The van der Waals surface area contributed by atoms with Gasteiger partial charge in [-0.1, -0.05) is 18.2 Å². The summed E-state index contributed by atoms with van der Waals surface area (Å²) < 4.78 is 5.66. The minimum atomic E-state index is -0.234. The van der Waals surface area contributed by atoms with Gasteiger partial charge in [-0.05, 0) is 44.8 Å². The van der Waals surface area contributed by atoms with Gasteiger partial charge in [0, 0.05) is 18.4 Å². The smallest absolute Gasteiger partial charge is 0.237 e. The van der Waals surface area contributed by atoms with E-state index in [2.05, 4.69) is 10.2 Å². The molecule has 25 heavy (non-hydrogen) atoms. The third-order valence-corrected chi connectivity index (χ3v) is 5.34. The summed E-state index contributed by atoms with van der Waals surface area (Å²) in [7, 11) is 0. The summed E-state index contributed by atoms with van der Waals surface area (Å²) in [5, 5.41) is 3.18. The van der Waals surface area contributed by atoms with Crippen molar-refractivity contribution in [3.8, 4) is 5.75 Å².